The maximum absolute atomic E-state index is 14.3. The quantitative estimate of drug-likeness (QED) is 0.748. The lowest BCUT2D eigenvalue weighted by Gasteiger charge is -2.28. The molecule has 0 atom stereocenters. The van der Waals surface area contributed by atoms with Crippen LogP contribution in [0.15, 0.2) is 78.1 Å². The minimum absolute atomic E-state index is 0.0618. The van der Waals surface area contributed by atoms with E-state index in [0.29, 0.717) is 0 Å². The van der Waals surface area contributed by atoms with Crippen molar-refractivity contribution in [2.75, 3.05) is 13.1 Å². The second-order valence-corrected chi connectivity index (χ2v) is 5.96. The molecular formula is C21H22FN. The van der Waals surface area contributed by atoms with Gasteiger partial charge in [0.25, 0.3) is 0 Å². The zero-order valence-corrected chi connectivity index (χ0v) is 13.3. The van der Waals surface area contributed by atoms with Crippen LogP contribution in [0.25, 0.3) is 6.08 Å². The standard InChI is InChI=1S/C21H22FN/c22-21(12-11-18-7-3-1-4-8-18)20-13-15-23(16-14-20)17-19-9-5-2-6-10-19/h1-12H,13-17H2/b12-11-. The number of likely N-dealkylation sites (tertiary alicyclic amines) is 1. The molecule has 2 aromatic rings. The monoisotopic (exact) mass is 307 g/mol. The molecule has 1 saturated heterocycles. The molecule has 0 aromatic heterocycles. The number of piperidine rings is 1. The van der Waals surface area contributed by atoms with E-state index in [9.17, 15) is 4.39 Å². The molecule has 2 heteroatoms. The van der Waals surface area contributed by atoms with Crippen molar-refractivity contribution in [3.8, 4) is 0 Å². The predicted molar refractivity (Wildman–Crippen MR) is 94.6 cm³/mol. The molecule has 1 aliphatic rings. The van der Waals surface area contributed by atoms with E-state index >= 15 is 0 Å². The van der Waals surface area contributed by atoms with Crippen LogP contribution in [0.5, 0.6) is 0 Å². The summed E-state index contributed by atoms with van der Waals surface area (Å²) in [5.41, 5.74) is 3.30. The zero-order chi connectivity index (χ0) is 15.9. The van der Waals surface area contributed by atoms with Crippen molar-refractivity contribution in [3.63, 3.8) is 0 Å². The Morgan fingerprint density at radius 3 is 2.17 bits per heavy atom. The number of allylic oxidation sites excluding steroid dienone is 2. The Bertz CT molecular complexity index is 664. The van der Waals surface area contributed by atoms with Crippen LogP contribution in [-0.2, 0) is 6.54 Å². The minimum Gasteiger partial charge on any atom is -0.298 e. The Balaban J connectivity index is 1.56. The van der Waals surface area contributed by atoms with E-state index in [0.717, 1.165) is 43.6 Å². The zero-order valence-electron chi connectivity index (χ0n) is 13.3. The number of rotatable bonds is 4. The SMILES string of the molecule is FC(/C=C\c1ccccc1)=C1CCN(Cc2ccccc2)CC1. The molecule has 1 aliphatic heterocycles. The van der Waals surface area contributed by atoms with Gasteiger partial charge in [0.05, 0.1) is 0 Å². The summed E-state index contributed by atoms with van der Waals surface area (Å²) < 4.78 is 14.3. The summed E-state index contributed by atoms with van der Waals surface area (Å²) >= 11 is 0. The Labute approximate surface area is 137 Å². The summed E-state index contributed by atoms with van der Waals surface area (Å²) in [6.07, 6.45) is 5.09. The van der Waals surface area contributed by atoms with Gasteiger partial charge < -0.3 is 0 Å². The highest BCUT2D eigenvalue weighted by atomic mass is 19.1. The van der Waals surface area contributed by atoms with Crippen LogP contribution in [0.3, 0.4) is 0 Å². The van der Waals surface area contributed by atoms with Crippen molar-refractivity contribution >= 4 is 6.08 Å². The van der Waals surface area contributed by atoms with E-state index in [-0.39, 0.29) is 5.83 Å². The van der Waals surface area contributed by atoms with Crippen molar-refractivity contribution in [3.05, 3.63) is 89.3 Å². The molecule has 0 bridgehead atoms. The van der Waals surface area contributed by atoms with E-state index in [1.165, 1.54) is 5.56 Å². The summed E-state index contributed by atoms with van der Waals surface area (Å²) in [7, 11) is 0. The molecular weight excluding hydrogens is 285 g/mol. The minimum atomic E-state index is -0.0618. The van der Waals surface area contributed by atoms with Crippen LogP contribution < -0.4 is 0 Å². The lowest BCUT2D eigenvalue weighted by atomic mass is 10.0. The average Bonchev–Trinajstić information content (AvgIpc) is 2.62. The van der Waals surface area contributed by atoms with Crippen molar-refractivity contribution in [2.24, 2.45) is 0 Å². The van der Waals surface area contributed by atoms with Crippen LogP contribution in [-0.4, -0.2) is 18.0 Å². The van der Waals surface area contributed by atoms with E-state index in [2.05, 4.69) is 29.2 Å². The highest BCUT2D eigenvalue weighted by molar-refractivity contribution is 5.52. The Kier molecular flexibility index (Phi) is 5.38. The molecule has 1 nitrogen and oxygen atoms in total. The topological polar surface area (TPSA) is 3.24 Å². The Morgan fingerprint density at radius 2 is 1.52 bits per heavy atom. The van der Waals surface area contributed by atoms with Gasteiger partial charge in [0.15, 0.2) is 0 Å². The van der Waals surface area contributed by atoms with Crippen molar-refractivity contribution in [1.82, 2.24) is 4.90 Å². The first-order chi connectivity index (χ1) is 11.3. The highest BCUT2D eigenvalue weighted by Gasteiger charge is 2.16. The number of benzene rings is 2. The fourth-order valence-electron chi connectivity index (χ4n) is 2.91. The van der Waals surface area contributed by atoms with Crippen LogP contribution in [0, 0.1) is 0 Å². The number of halogens is 1. The Hall–Kier alpha value is -2.19. The molecule has 0 aliphatic carbocycles. The van der Waals surface area contributed by atoms with Crippen LogP contribution in [0.2, 0.25) is 0 Å². The largest absolute Gasteiger partial charge is 0.298 e. The molecule has 118 valence electrons. The van der Waals surface area contributed by atoms with Gasteiger partial charge in [0.1, 0.15) is 5.83 Å². The van der Waals surface area contributed by atoms with Gasteiger partial charge in [0.2, 0.25) is 0 Å². The van der Waals surface area contributed by atoms with Gasteiger partial charge in [-0.1, -0.05) is 66.7 Å². The van der Waals surface area contributed by atoms with Crippen LogP contribution in [0.4, 0.5) is 4.39 Å². The molecule has 23 heavy (non-hydrogen) atoms. The first-order valence-electron chi connectivity index (χ1n) is 8.18. The van der Waals surface area contributed by atoms with Crippen molar-refractivity contribution in [1.29, 1.82) is 0 Å². The molecule has 2 aromatic carbocycles. The number of hydrogen-bond acceptors (Lipinski definition) is 1. The molecule has 0 saturated carbocycles. The number of hydrogen-bond donors (Lipinski definition) is 0. The average molecular weight is 307 g/mol. The molecule has 1 fully saturated rings. The van der Waals surface area contributed by atoms with Gasteiger partial charge in [-0.15, -0.1) is 0 Å². The van der Waals surface area contributed by atoms with Gasteiger partial charge in [-0.05, 0) is 35.6 Å². The highest BCUT2D eigenvalue weighted by Crippen LogP contribution is 2.23. The number of nitrogens with zero attached hydrogens (tertiary/aromatic N) is 1. The van der Waals surface area contributed by atoms with E-state index in [1.807, 2.05) is 42.5 Å². The fraction of sp³-hybridized carbons (Fsp3) is 0.238. The molecule has 1 heterocycles. The second-order valence-electron chi connectivity index (χ2n) is 5.96. The normalized spacial score (nSPS) is 16.0. The summed E-state index contributed by atoms with van der Waals surface area (Å²) in [5.74, 6) is -0.0618. The summed E-state index contributed by atoms with van der Waals surface area (Å²) in [6, 6.07) is 20.3. The lowest BCUT2D eigenvalue weighted by molar-refractivity contribution is 0.246. The fourth-order valence-corrected chi connectivity index (χ4v) is 2.91. The van der Waals surface area contributed by atoms with Gasteiger partial charge in [-0.3, -0.25) is 4.90 Å². The van der Waals surface area contributed by atoms with Gasteiger partial charge in [-0.25, -0.2) is 4.39 Å². The second kappa shape index (κ2) is 7.89. The first kappa shape index (κ1) is 15.7. The summed E-state index contributed by atoms with van der Waals surface area (Å²) in [4.78, 5) is 2.40. The third-order valence-corrected chi connectivity index (χ3v) is 4.27. The molecule has 3 rings (SSSR count). The van der Waals surface area contributed by atoms with Crippen LogP contribution >= 0.6 is 0 Å². The maximum Gasteiger partial charge on any atom is 0.122 e. The predicted octanol–water partition coefficient (Wildman–Crippen LogP) is 5.22. The van der Waals surface area contributed by atoms with E-state index < -0.39 is 0 Å². The van der Waals surface area contributed by atoms with Gasteiger partial charge >= 0.3 is 0 Å². The van der Waals surface area contributed by atoms with E-state index in [1.54, 1.807) is 6.08 Å². The smallest absolute Gasteiger partial charge is 0.122 e. The van der Waals surface area contributed by atoms with Gasteiger partial charge in [0, 0.05) is 19.6 Å². The third-order valence-electron chi connectivity index (χ3n) is 4.27. The Morgan fingerprint density at radius 1 is 0.913 bits per heavy atom. The van der Waals surface area contributed by atoms with Crippen LogP contribution in [0.1, 0.15) is 24.0 Å². The summed E-state index contributed by atoms with van der Waals surface area (Å²) in [6.45, 7) is 2.81. The van der Waals surface area contributed by atoms with Gasteiger partial charge in [-0.2, -0.15) is 0 Å². The lowest BCUT2D eigenvalue weighted by Crippen LogP contribution is -2.30. The molecule has 0 amide bonds. The van der Waals surface area contributed by atoms with Crippen molar-refractivity contribution < 1.29 is 4.39 Å². The summed E-state index contributed by atoms with van der Waals surface area (Å²) in [5, 5.41) is 0. The molecule has 0 radical (unpaired) electrons. The molecule has 0 spiro atoms. The third kappa shape index (κ3) is 4.64. The van der Waals surface area contributed by atoms with E-state index in [4.69, 9.17) is 0 Å². The maximum atomic E-state index is 14.3. The first-order valence-corrected chi connectivity index (χ1v) is 8.18. The molecule has 0 unspecified atom stereocenters. The van der Waals surface area contributed by atoms with Crippen molar-refractivity contribution in [2.45, 2.75) is 19.4 Å². The molecule has 0 N–H and O–H groups in total.